The van der Waals surface area contributed by atoms with E-state index in [1.165, 1.54) is 0 Å². The lowest BCUT2D eigenvalue weighted by atomic mass is 10.1. The van der Waals surface area contributed by atoms with Gasteiger partial charge in [-0.3, -0.25) is 0 Å². The van der Waals surface area contributed by atoms with Gasteiger partial charge >= 0.3 is 0 Å². The average Bonchev–Trinajstić information content (AvgIpc) is 2.92. The van der Waals surface area contributed by atoms with Crippen LogP contribution in [0.1, 0.15) is 17.5 Å². The zero-order valence-electron chi connectivity index (χ0n) is 13.6. The van der Waals surface area contributed by atoms with Gasteiger partial charge in [-0.2, -0.15) is 5.10 Å². The van der Waals surface area contributed by atoms with Crippen molar-refractivity contribution in [3.63, 3.8) is 0 Å². The molecule has 1 aliphatic heterocycles. The first-order valence-corrected chi connectivity index (χ1v) is 8.40. The Morgan fingerprint density at radius 3 is 2.50 bits per heavy atom. The lowest BCUT2D eigenvalue weighted by molar-refractivity contribution is 0.142. The lowest BCUT2D eigenvalue weighted by Crippen LogP contribution is -2.50. The van der Waals surface area contributed by atoms with Gasteiger partial charge < -0.3 is 21.5 Å². The Morgan fingerprint density at radius 2 is 1.92 bits per heavy atom. The second kappa shape index (κ2) is 6.58. The normalized spacial score (nSPS) is 15.3. The van der Waals surface area contributed by atoms with E-state index < -0.39 is 0 Å². The Balaban J connectivity index is 1.82. The van der Waals surface area contributed by atoms with Crippen molar-refractivity contribution >= 4 is 28.7 Å². The Labute approximate surface area is 144 Å². The van der Waals surface area contributed by atoms with Gasteiger partial charge in [0.15, 0.2) is 0 Å². The third kappa shape index (κ3) is 3.39. The summed E-state index contributed by atoms with van der Waals surface area (Å²) in [6.07, 6.45) is -0.207. The van der Waals surface area contributed by atoms with E-state index in [0.29, 0.717) is 13.1 Å². The number of anilines is 1. The molecule has 0 spiro atoms. The summed E-state index contributed by atoms with van der Waals surface area (Å²) < 4.78 is 0. The van der Waals surface area contributed by atoms with Crippen LogP contribution in [0.5, 0.6) is 0 Å². The molecule has 1 saturated heterocycles. The minimum Gasteiger partial charge on any atom is -0.389 e. The van der Waals surface area contributed by atoms with Crippen molar-refractivity contribution in [1.82, 2.24) is 4.98 Å². The van der Waals surface area contributed by atoms with Crippen LogP contribution in [0.4, 0.5) is 5.69 Å². The first-order valence-electron chi connectivity index (χ1n) is 7.58. The number of aryl methyl sites for hydroxylation is 1. The molecule has 0 unspecified atom stereocenters. The smallest absolute Gasteiger partial charge is 0.211 e. The highest BCUT2D eigenvalue weighted by Gasteiger charge is 2.24. The van der Waals surface area contributed by atoms with Gasteiger partial charge in [0.25, 0.3) is 0 Å². The average molecular weight is 344 g/mol. The van der Waals surface area contributed by atoms with Crippen LogP contribution in [0, 0.1) is 6.92 Å². The molecular weight excluding hydrogens is 324 g/mol. The van der Waals surface area contributed by atoms with Crippen molar-refractivity contribution in [3.8, 4) is 10.6 Å². The van der Waals surface area contributed by atoms with Gasteiger partial charge in [-0.15, -0.1) is 16.4 Å². The number of guanidine groups is 1. The van der Waals surface area contributed by atoms with Crippen molar-refractivity contribution in [3.05, 3.63) is 34.8 Å². The summed E-state index contributed by atoms with van der Waals surface area (Å²) in [6, 6.07) is 8.20. The van der Waals surface area contributed by atoms with Crippen LogP contribution in [-0.4, -0.2) is 41.0 Å². The van der Waals surface area contributed by atoms with Crippen LogP contribution in [0.15, 0.2) is 34.5 Å². The highest BCUT2D eigenvalue weighted by molar-refractivity contribution is 7.17. The molecule has 126 valence electrons. The SMILES string of the molecule is C/C(=N\N=C(N)N)c1sc(-c2ccc(N3CC(O)C3)cc2)nc1C. The molecule has 2 aromatic rings. The van der Waals surface area contributed by atoms with Gasteiger partial charge in [-0.05, 0) is 38.1 Å². The lowest BCUT2D eigenvalue weighted by Gasteiger charge is -2.37. The molecule has 1 aromatic carbocycles. The van der Waals surface area contributed by atoms with E-state index in [1.54, 1.807) is 11.3 Å². The zero-order valence-corrected chi connectivity index (χ0v) is 14.4. The van der Waals surface area contributed by atoms with E-state index in [9.17, 15) is 5.11 Å². The minimum absolute atomic E-state index is 0.0663. The molecule has 24 heavy (non-hydrogen) atoms. The third-order valence-electron chi connectivity index (χ3n) is 3.78. The number of rotatable bonds is 4. The fraction of sp³-hybridized carbons (Fsp3) is 0.312. The minimum atomic E-state index is -0.207. The van der Waals surface area contributed by atoms with Crippen LogP contribution < -0.4 is 16.4 Å². The molecule has 0 bridgehead atoms. The molecule has 0 amide bonds. The van der Waals surface area contributed by atoms with Crippen LogP contribution in [-0.2, 0) is 0 Å². The number of nitrogens with two attached hydrogens (primary N) is 2. The maximum absolute atomic E-state index is 9.39. The molecule has 7 nitrogen and oxygen atoms in total. The predicted molar refractivity (Wildman–Crippen MR) is 98.5 cm³/mol. The largest absolute Gasteiger partial charge is 0.389 e. The summed E-state index contributed by atoms with van der Waals surface area (Å²) >= 11 is 1.56. The molecule has 3 rings (SSSR count). The van der Waals surface area contributed by atoms with Crippen molar-refractivity contribution in [2.75, 3.05) is 18.0 Å². The van der Waals surface area contributed by atoms with Crippen molar-refractivity contribution in [1.29, 1.82) is 0 Å². The number of aromatic nitrogens is 1. The quantitative estimate of drug-likeness (QED) is 0.439. The van der Waals surface area contributed by atoms with Gasteiger partial charge in [-0.1, -0.05) is 0 Å². The topological polar surface area (TPSA) is 113 Å². The molecule has 0 saturated carbocycles. The molecule has 2 heterocycles. The molecule has 8 heteroatoms. The van der Waals surface area contributed by atoms with Gasteiger partial charge in [0.2, 0.25) is 5.96 Å². The van der Waals surface area contributed by atoms with E-state index in [1.807, 2.05) is 26.0 Å². The summed E-state index contributed by atoms with van der Waals surface area (Å²) in [4.78, 5) is 7.72. The highest BCUT2D eigenvalue weighted by Crippen LogP contribution is 2.30. The molecule has 1 aliphatic rings. The second-order valence-corrected chi connectivity index (χ2v) is 6.75. The summed E-state index contributed by atoms with van der Waals surface area (Å²) in [5, 5.41) is 18.0. The second-order valence-electron chi connectivity index (χ2n) is 5.75. The van der Waals surface area contributed by atoms with E-state index in [2.05, 4.69) is 32.2 Å². The maximum atomic E-state index is 9.39. The van der Waals surface area contributed by atoms with Gasteiger partial charge in [0.05, 0.1) is 22.4 Å². The van der Waals surface area contributed by atoms with Gasteiger partial charge in [0, 0.05) is 24.3 Å². The molecule has 0 atom stereocenters. The first kappa shape index (κ1) is 16.4. The van der Waals surface area contributed by atoms with Gasteiger partial charge in [0.1, 0.15) is 5.01 Å². The predicted octanol–water partition coefficient (Wildman–Crippen LogP) is 1.30. The Morgan fingerprint density at radius 1 is 1.25 bits per heavy atom. The number of aliphatic hydroxyl groups is 1. The fourth-order valence-electron chi connectivity index (χ4n) is 2.51. The Bertz CT molecular complexity index is 785. The van der Waals surface area contributed by atoms with Gasteiger partial charge in [-0.25, -0.2) is 4.98 Å². The number of hydrogen-bond donors (Lipinski definition) is 3. The van der Waals surface area contributed by atoms with Crippen molar-refractivity contribution in [2.45, 2.75) is 20.0 Å². The maximum Gasteiger partial charge on any atom is 0.211 e. The third-order valence-corrected chi connectivity index (χ3v) is 5.10. The van der Waals surface area contributed by atoms with Crippen molar-refractivity contribution in [2.24, 2.45) is 21.7 Å². The Kier molecular flexibility index (Phi) is 4.50. The highest BCUT2D eigenvalue weighted by atomic mass is 32.1. The van der Waals surface area contributed by atoms with Crippen LogP contribution in [0.2, 0.25) is 0 Å². The van der Waals surface area contributed by atoms with E-state index in [0.717, 1.165) is 32.5 Å². The summed E-state index contributed by atoms with van der Waals surface area (Å²) in [6.45, 7) is 5.19. The first-order chi connectivity index (χ1) is 11.4. The standard InChI is InChI=1S/C16H20N6OS/c1-9-14(10(2)20-21-16(17)18)24-15(19-9)11-3-5-12(6-4-11)22-7-13(23)8-22/h3-6,13,23H,7-8H2,1-2H3,(H4,17,18,21)/b20-10+. The monoisotopic (exact) mass is 344 g/mol. The number of benzene rings is 1. The van der Waals surface area contributed by atoms with Crippen molar-refractivity contribution < 1.29 is 5.11 Å². The fourth-order valence-corrected chi connectivity index (χ4v) is 3.53. The number of nitrogens with zero attached hydrogens (tertiary/aromatic N) is 4. The molecule has 1 fully saturated rings. The van der Waals surface area contributed by atoms with Crippen LogP contribution in [0.25, 0.3) is 10.6 Å². The molecule has 5 N–H and O–H groups in total. The Hall–Kier alpha value is -2.45. The number of β-amino-alcohol motifs (C(OH)–C–C–N with tert-alkyl or cyclic N) is 1. The zero-order chi connectivity index (χ0) is 17.3. The number of hydrogen-bond acceptors (Lipinski definition) is 6. The van der Waals surface area contributed by atoms with Crippen LogP contribution >= 0.6 is 11.3 Å². The summed E-state index contributed by atoms with van der Waals surface area (Å²) in [5.74, 6) is -0.0663. The molecule has 0 radical (unpaired) electrons. The molecular formula is C16H20N6OS. The van der Waals surface area contributed by atoms with E-state index in [-0.39, 0.29) is 12.1 Å². The summed E-state index contributed by atoms with van der Waals surface area (Å²) in [5.41, 5.74) is 14.4. The van der Waals surface area contributed by atoms with Crippen LogP contribution in [0.3, 0.4) is 0 Å². The molecule has 0 aliphatic carbocycles. The number of thiazole rings is 1. The summed E-state index contributed by atoms with van der Waals surface area (Å²) in [7, 11) is 0. The number of aliphatic hydroxyl groups excluding tert-OH is 1. The molecule has 1 aromatic heterocycles. The van der Waals surface area contributed by atoms with E-state index >= 15 is 0 Å². The van der Waals surface area contributed by atoms with E-state index in [4.69, 9.17) is 11.5 Å².